The number of alkyl carbamates (subject to hydrolysis) is 1. The number of carboxylic acid groups (broad SMARTS) is 1. The second-order valence-electron chi connectivity index (χ2n) is 8.16. The summed E-state index contributed by atoms with van der Waals surface area (Å²) in [6, 6.07) is 14.7. The maximum Gasteiger partial charge on any atom is 0.407 e. The molecule has 2 aromatic carbocycles. The molecule has 0 spiro atoms. The standard InChI is InChI=1S/C25H30N2O6/c1-16(14-23(28)29)26-24(30)22(12-7-13-32-2)27-25(31)33-15-21-19-10-5-3-8-17(19)18-9-4-6-11-20(18)21/h3-6,8-11,16,21-22H,7,12-15H2,1-2H3,(H,26,30)(H,27,31)(H,28,29). The fourth-order valence-corrected chi connectivity index (χ4v) is 4.14. The Hall–Kier alpha value is -3.39. The zero-order valence-corrected chi connectivity index (χ0v) is 18.9. The molecule has 8 heteroatoms. The van der Waals surface area contributed by atoms with Gasteiger partial charge in [-0.2, -0.15) is 0 Å². The van der Waals surface area contributed by atoms with Crippen LogP contribution in [0.2, 0.25) is 0 Å². The Labute approximate surface area is 193 Å². The number of carbonyl (C=O) groups excluding carboxylic acids is 2. The van der Waals surface area contributed by atoms with Crippen LogP contribution in [0.5, 0.6) is 0 Å². The number of hydrogen-bond donors (Lipinski definition) is 3. The Kier molecular flexibility index (Phi) is 8.43. The highest BCUT2D eigenvalue weighted by Crippen LogP contribution is 2.44. The number of nitrogens with one attached hydrogen (secondary N) is 2. The molecule has 0 radical (unpaired) electrons. The highest BCUT2D eigenvalue weighted by molar-refractivity contribution is 5.86. The van der Waals surface area contributed by atoms with Gasteiger partial charge >= 0.3 is 12.1 Å². The number of carbonyl (C=O) groups is 3. The number of benzene rings is 2. The third kappa shape index (κ3) is 6.32. The number of carboxylic acids is 1. The monoisotopic (exact) mass is 454 g/mol. The van der Waals surface area contributed by atoms with Crippen molar-refractivity contribution >= 4 is 18.0 Å². The van der Waals surface area contributed by atoms with Crippen LogP contribution in [0.25, 0.3) is 11.1 Å². The second-order valence-corrected chi connectivity index (χ2v) is 8.16. The lowest BCUT2D eigenvalue weighted by Gasteiger charge is -2.21. The summed E-state index contributed by atoms with van der Waals surface area (Å²) < 4.78 is 10.6. The number of aliphatic carboxylic acids is 1. The van der Waals surface area contributed by atoms with Gasteiger partial charge in [-0.15, -0.1) is 0 Å². The average molecular weight is 455 g/mol. The molecule has 33 heavy (non-hydrogen) atoms. The largest absolute Gasteiger partial charge is 0.481 e. The number of hydrogen-bond acceptors (Lipinski definition) is 5. The maximum absolute atomic E-state index is 12.6. The molecule has 2 unspecified atom stereocenters. The van der Waals surface area contributed by atoms with Gasteiger partial charge in [0.1, 0.15) is 12.6 Å². The molecule has 8 nitrogen and oxygen atoms in total. The van der Waals surface area contributed by atoms with Crippen molar-refractivity contribution in [2.75, 3.05) is 20.3 Å². The Bertz CT molecular complexity index is 947. The van der Waals surface area contributed by atoms with Gasteiger partial charge in [-0.1, -0.05) is 48.5 Å². The third-order valence-electron chi connectivity index (χ3n) is 5.66. The summed E-state index contributed by atoms with van der Waals surface area (Å²) in [5.74, 6) is -1.55. The Morgan fingerprint density at radius 3 is 2.18 bits per heavy atom. The minimum absolute atomic E-state index is 0.0838. The van der Waals surface area contributed by atoms with E-state index in [4.69, 9.17) is 14.6 Å². The minimum atomic E-state index is -1.01. The van der Waals surface area contributed by atoms with Crippen LogP contribution in [0.15, 0.2) is 48.5 Å². The molecule has 2 atom stereocenters. The van der Waals surface area contributed by atoms with E-state index in [1.807, 2.05) is 36.4 Å². The lowest BCUT2D eigenvalue weighted by Crippen LogP contribution is -2.49. The minimum Gasteiger partial charge on any atom is -0.481 e. The molecule has 0 aromatic heterocycles. The van der Waals surface area contributed by atoms with E-state index < -0.39 is 30.1 Å². The quantitative estimate of drug-likeness (QED) is 0.449. The Morgan fingerprint density at radius 2 is 1.61 bits per heavy atom. The zero-order chi connectivity index (χ0) is 23.8. The molecule has 176 valence electrons. The van der Waals surface area contributed by atoms with Crippen LogP contribution < -0.4 is 10.6 Å². The van der Waals surface area contributed by atoms with E-state index in [-0.39, 0.29) is 18.9 Å². The van der Waals surface area contributed by atoms with Gasteiger partial charge in [0.2, 0.25) is 5.91 Å². The topological polar surface area (TPSA) is 114 Å². The molecular weight excluding hydrogens is 424 g/mol. The van der Waals surface area contributed by atoms with Crippen molar-refractivity contribution in [2.45, 2.75) is 44.2 Å². The predicted molar refractivity (Wildman–Crippen MR) is 123 cm³/mol. The average Bonchev–Trinajstić information content (AvgIpc) is 3.10. The first-order valence-corrected chi connectivity index (χ1v) is 11.0. The molecule has 2 amide bonds. The van der Waals surface area contributed by atoms with E-state index in [2.05, 4.69) is 22.8 Å². The number of methoxy groups -OCH3 is 1. The molecule has 1 aliphatic carbocycles. The lowest BCUT2D eigenvalue weighted by atomic mass is 9.98. The summed E-state index contributed by atoms with van der Waals surface area (Å²) in [5, 5.41) is 14.2. The van der Waals surface area contributed by atoms with Crippen LogP contribution >= 0.6 is 0 Å². The summed E-state index contributed by atoms with van der Waals surface area (Å²) in [5.41, 5.74) is 4.46. The molecule has 0 aliphatic heterocycles. The third-order valence-corrected chi connectivity index (χ3v) is 5.66. The van der Waals surface area contributed by atoms with E-state index >= 15 is 0 Å². The number of amides is 2. The van der Waals surface area contributed by atoms with Gasteiger partial charge in [0.05, 0.1) is 6.42 Å². The molecule has 1 aliphatic rings. The van der Waals surface area contributed by atoms with Crippen molar-refractivity contribution in [1.82, 2.24) is 10.6 Å². The fraction of sp³-hybridized carbons (Fsp3) is 0.400. The fourth-order valence-electron chi connectivity index (χ4n) is 4.14. The van der Waals surface area contributed by atoms with Gasteiger partial charge < -0.3 is 25.2 Å². The first-order chi connectivity index (χ1) is 15.9. The van der Waals surface area contributed by atoms with Gasteiger partial charge in [0.15, 0.2) is 0 Å². The SMILES string of the molecule is COCCCC(NC(=O)OCC1c2ccccc2-c2ccccc21)C(=O)NC(C)CC(=O)O. The molecule has 3 N–H and O–H groups in total. The first kappa shape index (κ1) is 24.3. The molecular formula is C25H30N2O6. The van der Waals surface area contributed by atoms with E-state index in [0.717, 1.165) is 22.3 Å². The van der Waals surface area contributed by atoms with E-state index in [9.17, 15) is 14.4 Å². The van der Waals surface area contributed by atoms with Crippen LogP contribution in [-0.4, -0.2) is 55.5 Å². The van der Waals surface area contributed by atoms with Gasteiger partial charge in [-0.25, -0.2) is 4.79 Å². The van der Waals surface area contributed by atoms with Crippen molar-refractivity contribution in [3.63, 3.8) is 0 Å². The predicted octanol–water partition coefficient (Wildman–Crippen LogP) is 3.30. The summed E-state index contributed by atoms with van der Waals surface area (Å²) in [4.78, 5) is 36.1. The molecule has 0 bridgehead atoms. The van der Waals surface area contributed by atoms with Crippen LogP contribution in [0.3, 0.4) is 0 Å². The van der Waals surface area contributed by atoms with E-state index in [1.165, 1.54) is 0 Å². The summed E-state index contributed by atoms with van der Waals surface area (Å²) in [7, 11) is 1.56. The number of fused-ring (bicyclic) bond motifs is 3. The highest BCUT2D eigenvalue weighted by Gasteiger charge is 2.30. The van der Waals surface area contributed by atoms with Crippen molar-refractivity contribution < 1.29 is 29.0 Å². The van der Waals surface area contributed by atoms with Crippen molar-refractivity contribution in [3.05, 3.63) is 59.7 Å². The maximum atomic E-state index is 12.6. The van der Waals surface area contributed by atoms with Crippen molar-refractivity contribution in [3.8, 4) is 11.1 Å². The molecule has 3 rings (SSSR count). The second kappa shape index (κ2) is 11.5. The zero-order valence-electron chi connectivity index (χ0n) is 18.9. The Morgan fingerprint density at radius 1 is 1.00 bits per heavy atom. The lowest BCUT2D eigenvalue weighted by molar-refractivity contribution is -0.137. The summed E-state index contributed by atoms with van der Waals surface area (Å²) in [6.45, 7) is 2.17. The van der Waals surface area contributed by atoms with Gasteiger partial charge in [0, 0.05) is 25.7 Å². The molecule has 0 saturated carbocycles. The Balaban J connectivity index is 1.63. The number of rotatable bonds is 11. The van der Waals surface area contributed by atoms with Crippen LogP contribution in [-0.2, 0) is 19.1 Å². The van der Waals surface area contributed by atoms with E-state index in [1.54, 1.807) is 14.0 Å². The van der Waals surface area contributed by atoms with Crippen LogP contribution in [0.4, 0.5) is 4.79 Å². The van der Waals surface area contributed by atoms with Crippen molar-refractivity contribution in [2.24, 2.45) is 0 Å². The summed E-state index contributed by atoms with van der Waals surface area (Å²) in [6.07, 6.45) is -0.0169. The van der Waals surface area contributed by atoms with Gasteiger partial charge in [0.25, 0.3) is 0 Å². The van der Waals surface area contributed by atoms with Crippen LogP contribution in [0, 0.1) is 0 Å². The van der Waals surface area contributed by atoms with Gasteiger partial charge in [-0.05, 0) is 42.0 Å². The first-order valence-electron chi connectivity index (χ1n) is 11.0. The van der Waals surface area contributed by atoms with Crippen LogP contribution in [0.1, 0.15) is 43.2 Å². The molecule has 0 fully saturated rings. The van der Waals surface area contributed by atoms with Gasteiger partial charge in [-0.3, -0.25) is 9.59 Å². The number of ether oxygens (including phenoxy) is 2. The summed E-state index contributed by atoms with van der Waals surface area (Å²) >= 11 is 0. The smallest absolute Gasteiger partial charge is 0.407 e. The highest BCUT2D eigenvalue weighted by atomic mass is 16.5. The molecule has 2 aromatic rings. The van der Waals surface area contributed by atoms with E-state index in [0.29, 0.717) is 19.4 Å². The molecule has 0 saturated heterocycles. The van der Waals surface area contributed by atoms with Crippen molar-refractivity contribution in [1.29, 1.82) is 0 Å². The molecule has 0 heterocycles. The normalized spacial score (nSPS) is 14.0.